The molecule has 6 heteroatoms. The second-order valence-electron chi connectivity index (χ2n) is 7.19. The smallest absolute Gasteiger partial charge is 0.266 e. The number of anilines is 1. The van der Waals surface area contributed by atoms with Crippen molar-refractivity contribution in [1.82, 2.24) is 0 Å². The maximum absolute atomic E-state index is 13.4. The van der Waals surface area contributed by atoms with Crippen LogP contribution >= 0.6 is 0 Å². The van der Waals surface area contributed by atoms with Crippen LogP contribution in [0.3, 0.4) is 0 Å². The molecule has 168 valence electrons. The molecule has 0 aromatic heterocycles. The number of halogens is 1. The molecule has 0 spiro atoms. The van der Waals surface area contributed by atoms with E-state index in [9.17, 15) is 14.4 Å². The zero-order valence-corrected chi connectivity index (χ0v) is 18.6. The Morgan fingerprint density at radius 3 is 2.58 bits per heavy atom. The van der Waals surface area contributed by atoms with Gasteiger partial charge >= 0.3 is 0 Å². The van der Waals surface area contributed by atoms with Gasteiger partial charge in [-0.3, -0.25) is 4.79 Å². The molecule has 0 unspecified atom stereocenters. The molecule has 3 aromatic rings. The van der Waals surface area contributed by atoms with Crippen molar-refractivity contribution in [2.75, 3.05) is 11.9 Å². The van der Waals surface area contributed by atoms with Crippen LogP contribution in [0, 0.1) is 17.1 Å². The number of carbonyl (C=O) groups excluding carboxylic acids is 1. The van der Waals surface area contributed by atoms with Crippen molar-refractivity contribution in [2.24, 2.45) is 0 Å². The number of rotatable bonds is 9. The van der Waals surface area contributed by atoms with Gasteiger partial charge in [0.05, 0.1) is 6.61 Å². The molecule has 0 aliphatic rings. The van der Waals surface area contributed by atoms with E-state index in [1.54, 1.807) is 30.3 Å². The molecule has 0 saturated carbocycles. The largest absolute Gasteiger partial charge is 0.490 e. The molecule has 0 radical (unpaired) electrons. The summed E-state index contributed by atoms with van der Waals surface area (Å²) in [5.74, 6) is 0.142. The number of nitriles is 1. The Labute approximate surface area is 193 Å². The fraction of sp³-hybridized carbons (Fsp3) is 0.185. The highest BCUT2D eigenvalue weighted by Gasteiger charge is 2.13. The second kappa shape index (κ2) is 11.5. The first-order chi connectivity index (χ1) is 16.0. The summed E-state index contributed by atoms with van der Waals surface area (Å²) in [6.07, 6.45) is 2.26. The van der Waals surface area contributed by atoms with E-state index < -0.39 is 5.91 Å². The Kier molecular flexibility index (Phi) is 8.20. The van der Waals surface area contributed by atoms with Gasteiger partial charge in [0, 0.05) is 5.69 Å². The number of hydrogen-bond acceptors (Lipinski definition) is 4. The van der Waals surface area contributed by atoms with Crippen molar-refractivity contribution in [3.63, 3.8) is 0 Å². The number of benzene rings is 3. The molecule has 3 aromatic carbocycles. The lowest BCUT2D eigenvalue weighted by Crippen LogP contribution is -2.14. The standard InChI is InChI=1S/C27H25FN2O3/c1-3-21-9-5-6-11-24(21)30-27(31)22(17-29)14-19-12-13-25(26(16-19)32-4-2)33-18-20-8-7-10-23(28)15-20/h5-16H,3-4,18H2,1-2H3,(H,30,31)/b22-14+. The van der Waals surface area contributed by atoms with Gasteiger partial charge in [-0.2, -0.15) is 5.26 Å². The first kappa shape index (κ1) is 23.6. The van der Waals surface area contributed by atoms with Gasteiger partial charge in [0.15, 0.2) is 11.5 Å². The van der Waals surface area contributed by atoms with Gasteiger partial charge in [-0.15, -0.1) is 0 Å². The van der Waals surface area contributed by atoms with Crippen LogP contribution in [0.2, 0.25) is 0 Å². The number of para-hydroxylation sites is 1. The molecule has 1 amide bonds. The minimum absolute atomic E-state index is 0.0308. The lowest BCUT2D eigenvalue weighted by Gasteiger charge is -2.13. The van der Waals surface area contributed by atoms with E-state index >= 15 is 0 Å². The van der Waals surface area contributed by atoms with E-state index in [1.165, 1.54) is 18.2 Å². The van der Waals surface area contributed by atoms with E-state index in [1.807, 2.05) is 44.2 Å². The molecular weight excluding hydrogens is 419 g/mol. The molecule has 0 saturated heterocycles. The van der Waals surface area contributed by atoms with Crippen LogP contribution in [0.25, 0.3) is 6.08 Å². The third-order valence-electron chi connectivity index (χ3n) is 4.87. The van der Waals surface area contributed by atoms with Gasteiger partial charge < -0.3 is 14.8 Å². The van der Waals surface area contributed by atoms with Gasteiger partial charge in [0.25, 0.3) is 5.91 Å². The first-order valence-corrected chi connectivity index (χ1v) is 10.7. The highest BCUT2D eigenvalue weighted by molar-refractivity contribution is 6.10. The first-order valence-electron chi connectivity index (χ1n) is 10.7. The van der Waals surface area contributed by atoms with Crippen LogP contribution in [0.5, 0.6) is 11.5 Å². The normalized spacial score (nSPS) is 10.9. The lowest BCUT2D eigenvalue weighted by atomic mass is 10.1. The summed E-state index contributed by atoms with van der Waals surface area (Å²) >= 11 is 0. The van der Waals surface area contributed by atoms with Crippen molar-refractivity contribution in [3.8, 4) is 17.6 Å². The second-order valence-corrected chi connectivity index (χ2v) is 7.19. The number of nitrogens with zero attached hydrogens (tertiary/aromatic N) is 1. The van der Waals surface area contributed by atoms with E-state index in [-0.39, 0.29) is 18.0 Å². The summed E-state index contributed by atoms with van der Waals surface area (Å²) < 4.78 is 24.9. The number of ether oxygens (including phenoxy) is 2. The van der Waals surface area contributed by atoms with Gasteiger partial charge in [-0.05, 0) is 66.4 Å². The number of nitrogens with one attached hydrogen (secondary N) is 1. The highest BCUT2D eigenvalue weighted by atomic mass is 19.1. The number of hydrogen-bond donors (Lipinski definition) is 1. The summed E-state index contributed by atoms with van der Waals surface area (Å²) in [4.78, 5) is 12.7. The molecule has 33 heavy (non-hydrogen) atoms. The maximum atomic E-state index is 13.4. The summed E-state index contributed by atoms with van der Waals surface area (Å²) in [5.41, 5.74) is 2.95. The van der Waals surface area contributed by atoms with E-state index in [4.69, 9.17) is 9.47 Å². The van der Waals surface area contributed by atoms with Crippen molar-refractivity contribution < 1.29 is 18.7 Å². The van der Waals surface area contributed by atoms with Crippen molar-refractivity contribution >= 4 is 17.7 Å². The predicted molar refractivity (Wildman–Crippen MR) is 126 cm³/mol. The summed E-state index contributed by atoms with van der Waals surface area (Å²) in [5, 5.41) is 12.4. The average Bonchev–Trinajstić information content (AvgIpc) is 2.82. The van der Waals surface area contributed by atoms with E-state index in [2.05, 4.69) is 5.32 Å². The topological polar surface area (TPSA) is 71.3 Å². The third kappa shape index (κ3) is 6.44. The SMILES string of the molecule is CCOc1cc(/C=C(\C#N)C(=O)Nc2ccccc2CC)ccc1OCc1cccc(F)c1. The molecule has 0 fully saturated rings. The Hall–Kier alpha value is -4.11. The van der Waals surface area contributed by atoms with Gasteiger partial charge in [-0.25, -0.2) is 4.39 Å². The maximum Gasteiger partial charge on any atom is 0.266 e. The minimum atomic E-state index is -0.484. The molecule has 3 rings (SSSR count). The van der Waals surface area contributed by atoms with Crippen LogP contribution in [0.15, 0.2) is 72.3 Å². The molecule has 0 bridgehead atoms. The Balaban J connectivity index is 1.79. The summed E-state index contributed by atoms with van der Waals surface area (Å²) in [7, 11) is 0. The number of amides is 1. The van der Waals surface area contributed by atoms with Crippen LogP contribution in [0.1, 0.15) is 30.5 Å². The molecule has 0 heterocycles. The fourth-order valence-corrected chi connectivity index (χ4v) is 3.25. The van der Waals surface area contributed by atoms with Crippen LogP contribution in [-0.4, -0.2) is 12.5 Å². The van der Waals surface area contributed by atoms with Crippen LogP contribution in [0.4, 0.5) is 10.1 Å². The van der Waals surface area contributed by atoms with E-state index in [0.29, 0.717) is 34.9 Å². The lowest BCUT2D eigenvalue weighted by molar-refractivity contribution is -0.112. The van der Waals surface area contributed by atoms with Crippen molar-refractivity contribution in [1.29, 1.82) is 5.26 Å². The Morgan fingerprint density at radius 2 is 1.85 bits per heavy atom. The molecule has 0 atom stereocenters. The Morgan fingerprint density at radius 1 is 1.03 bits per heavy atom. The van der Waals surface area contributed by atoms with Gasteiger partial charge in [0.2, 0.25) is 0 Å². The fourth-order valence-electron chi connectivity index (χ4n) is 3.25. The van der Waals surface area contributed by atoms with Crippen LogP contribution < -0.4 is 14.8 Å². The molecule has 1 N–H and O–H groups in total. The van der Waals surface area contributed by atoms with Gasteiger partial charge in [0.1, 0.15) is 24.1 Å². The van der Waals surface area contributed by atoms with Gasteiger partial charge in [-0.1, -0.05) is 43.3 Å². The summed E-state index contributed by atoms with van der Waals surface area (Å²) in [6, 6.07) is 20.8. The zero-order valence-electron chi connectivity index (χ0n) is 18.6. The van der Waals surface area contributed by atoms with Crippen LogP contribution in [-0.2, 0) is 17.8 Å². The molecule has 0 aliphatic carbocycles. The quantitative estimate of drug-likeness (QED) is 0.329. The zero-order chi connectivity index (χ0) is 23.6. The van der Waals surface area contributed by atoms with E-state index in [0.717, 1.165) is 12.0 Å². The van der Waals surface area contributed by atoms with Crippen molar-refractivity contribution in [2.45, 2.75) is 26.9 Å². The number of carbonyl (C=O) groups is 1. The predicted octanol–water partition coefficient (Wildman–Crippen LogP) is 5.91. The average molecular weight is 445 g/mol. The summed E-state index contributed by atoms with van der Waals surface area (Å²) in [6.45, 7) is 4.43. The molecule has 5 nitrogen and oxygen atoms in total. The monoisotopic (exact) mass is 444 g/mol. The Bertz CT molecular complexity index is 1200. The molecule has 0 aliphatic heterocycles. The van der Waals surface area contributed by atoms with Crippen molar-refractivity contribution in [3.05, 3.63) is 94.8 Å². The third-order valence-corrected chi connectivity index (χ3v) is 4.87. The number of aryl methyl sites for hydroxylation is 1. The minimum Gasteiger partial charge on any atom is -0.490 e. The molecular formula is C27H25FN2O3. The highest BCUT2D eigenvalue weighted by Crippen LogP contribution is 2.30.